The van der Waals surface area contributed by atoms with Crippen LogP contribution >= 0.6 is 0 Å². The summed E-state index contributed by atoms with van der Waals surface area (Å²) < 4.78 is 0. The van der Waals surface area contributed by atoms with E-state index in [-0.39, 0.29) is 0 Å². The van der Waals surface area contributed by atoms with E-state index in [1.165, 1.54) is 38.8 Å². The van der Waals surface area contributed by atoms with E-state index < -0.39 is 0 Å². The molecule has 0 rings (SSSR count). The van der Waals surface area contributed by atoms with Gasteiger partial charge < -0.3 is 10.2 Å². The van der Waals surface area contributed by atoms with Gasteiger partial charge in [0, 0.05) is 19.1 Å². The van der Waals surface area contributed by atoms with Crippen LogP contribution in [-0.2, 0) is 0 Å². The lowest BCUT2D eigenvalue weighted by Crippen LogP contribution is -2.44. The van der Waals surface area contributed by atoms with Crippen molar-refractivity contribution in [3.8, 4) is 0 Å². The van der Waals surface area contributed by atoms with Crippen LogP contribution in [0, 0.1) is 5.41 Å². The summed E-state index contributed by atoms with van der Waals surface area (Å²) in [5.74, 6) is 0. The van der Waals surface area contributed by atoms with Gasteiger partial charge in [0.15, 0.2) is 0 Å². The molecule has 0 heterocycles. The van der Waals surface area contributed by atoms with Gasteiger partial charge in [-0.25, -0.2) is 0 Å². The largest absolute Gasteiger partial charge is 0.316 e. The summed E-state index contributed by atoms with van der Waals surface area (Å²) in [4.78, 5) is 2.68. The number of rotatable bonds is 11. The molecule has 1 unspecified atom stereocenters. The molecule has 0 bridgehead atoms. The summed E-state index contributed by atoms with van der Waals surface area (Å²) in [6.07, 6.45) is 5.09. The van der Waals surface area contributed by atoms with Crippen molar-refractivity contribution < 1.29 is 0 Å². The lowest BCUT2D eigenvalue weighted by Gasteiger charge is -2.36. The Morgan fingerprint density at radius 3 is 2.28 bits per heavy atom. The summed E-state index contributed by atoms with van der Waals surface area (Å²) in [7, 11) is 0. The minimum Gasteiger partial charge on any atom is -0.316 e. The van der Waals surface area contributed by atoms with Gasteiger partial charge in [-0.1, -0.05) is 41.0 Å². The fourth-order valence-electron chi connectivity index (χ4n) is 2.28. The van der Waals surface area contributed by atoms with Gasteiger partial charge in [-0.15, -0.1) is 0 Å². The summed E-state index contributed by atoms with van der Waals surface area (Å²) in [6, 6.07) is 0.710. The standard InChI is InChI=1S/C16H36N2/c1-7-10-12-18(15(4)9-3)14-16(5,6)13-17-11-8-2/h15,17H,7-14H2,1-6H3. The fraction of sp³-hybridized carbons (Fsp3) is 1.00. The summed E-state index contributed by atoms with van der Waals surface area (Å²) >= 11 is 0. The zero-order valence-corrected chi connectivity index (χ0v) is 13.7. The zero-order chi connectivity index (χ0) is 14.0. The van der Waals surface area contributed by atoms with Gasteiger partial charge in [0.1, 0.15) is 0 Å². The summed E-state index contributed by atoms with van der Waals surface area (Å²) in [5.41, 5.74) is 0.367. The van der Waals surface area contributed by atoms with E-state index in [2.05, 4.69) is 51.8 Å². The van der Waals surface area contributed by atoms with E-state index in [1.54, 1.807) is 0 Å². The van der Waals surface area contributed by atoms with Crippen molar-refractivity contribution in [3.05, 3.63) is 0 Å². The molecule has 0 saturated heterocycles. The van der Waals surface area contributed by atoms with Crippen molar-refractivity contribution in [1.29, 1.82) is 0 Å². The van der Waals surface area contributed by atoms with Crippen molar-refractivity contribution in [2.75, 3.05) is 26.2 Å². The van der Waals surface area contributed by atoms with Crippen molar-refractivity contribution in [3.63, 3.8) is 0 Å². The van der Waals surface area contributed by atoms with Gasteiger partial charge in [-0.05, 0) is 44.7 Å². The first-order chi connectivity index (χ1) is 8.46. The minimum absolute atomic E-state index is 0.367. The normalized spacial score (nSPS) is 14.2. The Hall–Kier alpha value is -0.0800. The Balaban J connectivity index is 4.25. The molecular weight excluding hydrogens is 220 g/mol. The molecule has 0 radical (unpaired) electrons. The quantitative estimate of drug-likeness (QED) is 0.564. The topological polar surface area (TPSA) is 15.3 Å². The monoisotopic (exact) mass is 256 g/mol. The Bertz CT molecular complexity index is 190. The van der Waals surface area contributed by atoms with E-state index in [4.69, 9.17) is 0 Å². The predicted molar refractivity (Wildman–Crippen MR) is 83.2 cm³/mol. The predicted octanol–water partition coefficient (Wildman–Crippen LogP) is 3.91. The van der Waals surface area contributed by atoms with Gasteiger partial charge in [0.25, 0.3) is 0 Å². The van der Waals surface area contributed by atoms with Crippen LogP contribution in [-0.4, -0.2) is 37.1 Å². The van der Waals surface area contributed by atoms with Crippen LogP contribution in [0.4, 0.5) is 0 Å². The highest BCUT2D eigenvalue weighted by Gasteiger charge is 2.23. The van der Waals surface area contributed by atoms with Gasteiger partial charge in [0.05, 0.1) is 0 Å². The average Bonchev–Trinajstić information content (AvgIpc) is 2.33. The molecule has 0 aromatic rings. The van der Waals surface area contributed by atoms with Crippen LogP contribution in [0.5, 0.6) is 0 Å². The highest BCUT2D eigenvalue weighted by atomic mass is 15.2. The molecule has 1 N–H and O–H groups in total. The highest BCUT2D eigenvalue weighted by Crippen LogP contribution is 2.19. The van der Waals surface area contributed by atoms with Crippen molar-refractivity contribution in [2.45, 2.75) is 73.3 Å². The lowest BCUT2D eigenvalue weighted by atomic mass is 9.91. The molecule has 2 nitrogen and oxygen atoms in total. The first kappa shape index (κ1) is 17.9. The summed E-state index contributed by atoms with van der Waals surface area (Å²) in [6.45, 7) is 18.7. The Morgan fingerprint density at radius 2 is 1.78 bits per heavy atom. The van der Waals surface area contributed by atoms with Crippen LogP contribution in [0.3, 0.4) is 0 Å². The van der Waals surface area contributed by atoms with Crippen molar-refractivity contribution in [1.82, 2.24) is 10.2 Å². The third-order valence-electron chi connectivity index (χ3n) is 3.67. The van der Waals surface area contributed by atoms with Gasteiger partial charge >= 0.3 is 0 Å². The highest BCUT2D eigenvalue weighted by molar-refractivity contribution is 4.78. The fourth-order valence-corrected chi connectivity index (χ4v) is 2.28. The SMILES string of the molecule is CCCCN(CC(C)(C)CNCCC)C(C)CC. The Morgan fingerprint density at radius 1 is 1.11 bits per heavy atom. The molecule has 0 fully saturated rings. The molecule has 18 heavy (non-hydrogen) atoms. The first-order valence-corrected chi connectivity index (χ1v) is 7.91. The van der Waals surface area contributed by atoms with E-state index in [0.29, 0.717) is 11.5 Å². The number of nitrogens with zero attached hydrogens (tertiary/aromatic N) is 1. The first-order valence-electron chi connectivity index (χ1n) is 7.91. The van der Waals surface area contributed by atoms with Gasteiger partial charge in [-0.3, -0.25) is 0 Å². The van der Waals surface area contributed by atoms with E-state index >= 15 is 0 Å². The molecule has 0 aliphatic rings. The zero-order valence-electron chi connectivity index (χ0n) is 13.7. The van der Waals surface area contributed by atoms with Crippen LogP contribution < -0.4 is 5.32 Å². The second-order valence-electron chi connectivity index (χ2n) is 6.42. The number of hydrogen-bond acceptors (Lipinski definition) is 2. The molecular formula is C16H36N2. The maximum atomic E-state index is 3.57. The molecule has 0 aliphatic carbocycles. The number of nitrogens with one attached hydrogen (secondary N) is 1. The Kier molecular flexibility index (Phi) is 9.76. The van der Waals surface area contributed by atoms with Crippen LogP contribution in [0.1, 0.15) is 67.2 Å². The smallest absolute Gasteiger partial charge is 0.00645 e. The summed E-state index contributed by atoms with van der Waals surface area (Å²) in [5, 5.41) is 3.57. The van der Waals surface area contributed by atoms with E-state index in [9.17, 15) is 0 Å². The molecule has 1 atom stereocenters. The molecule has 0 aromatic carbocycles. The van der Waals surface area contributed by atoms with Gasteiger partial charge in [0.2, 0.25) is 0 Å². The lowest BCUT2D eigenvalue weighted by molar-refractivity contribution is 0.130. The molecule has 110 valence electrons. The molecule has 0 saturated carbocycles. The van der Waals surface area contributed by atoms with E-state index in [0.717, 1.165) is 13.1 Å². The van der Waals surface area contributed by atoms with Crippen LogP contribution in [0.25, 0.3) is 0 Å². The second-order valence-corrected chi connectivity index (χ2v) is 6.42. The van der Waals surface area contributed by atoms with E-state index in [1.807, 2.05) is 0 Å². The third-order valence-corrected chi connectivity index (χ3v) is 3.67. The van der Waals surface area contributed by atoms with Crippen molar-refractivity contribution in [2.24, 2.45) is 5.41 Å². The Labute approximate surface area is 116 Å². The number of unbranched alkanes of at least 4 members (excludes halogenated alkanes) is 1. The molecule has 0 aliphatic heterocycles. The maximum Gasteiger partial charge on any atom is 0.00645 e. The number of hydrogen-bond donors (Lipinski definition) is 1. The van der Waals surface area contributed by atoms with Crippen molar-refractivity contribution >= 4 is 0 Å². The molecule has 0 aromatic heterocycles. The third kappa shape index (κ3) is 8.10. The van der Waals surface area contributed by atoms with Crippen LogP contribution in [0.2, 0.25) is 0 Å². The van der Waals surface area contributed by atoms with Gasteiger partial charge in [-0.2, -0.15) is 0 Å². The minimum atomic E-state index is 0.367. The maximum absolute atomic E-state index is 3.57. The molecule has 0 spiro atoms. The average molecular weight is 256 g/mol. The van der Waals surface area contributed by atoms with Crippen LogP contribution in [0.15, 0.2) is 0 Å². The molecule has 2 heteroatoms. The second kappa shape index (κ2) is 9.80. The molecule has 0 amide bonds.